The Bertz CT molecular complexity index is 1180. The van der Waals surface area contributed by atoms with E-state index in [4.69, 9.17) is 4.74 Å². The Morgan fingerprint density at radius 2 is 1.86 bits per heavy atom. The molecule has 3 unspecified atom stereocenters. The van der Waals surface area contributed by atoms with Crippen molar-refractivity contribution in [3.63, 3.8) is 0 Å². The lowest BCUT2D eigenvalue weighted by Crippen LogP contribution is -2.59. The topological polar surface area (TPSA) is 93.6 Å². The molecule has 2 bridgehead atoms. The van der Waals surface area contributed by atoms with Crippen LogP contribution in [0.3, 0.4) is 0 Å². The summed E-state index contributed by atoms with van der Waals surface area (Å²) in [5.41, 5.74) is 0.760. The molecule has 9 nitrogen and oxygen atoms in total. The Balaban J connectivity index is 1.50. The largest absolute Gasteiger partial charge is 0.394 e. The number of thioether (sulfide) groups is 1. The zero-order valence-electron chi connectivity index (χ0n) is 24.8. The Labute approximate surface area is 253 Å². The van der Waals surface area contributed by atoms with Crippen LogP contribution in [0.1, 0.15) is 20.3 Å². The molecular formula is C32H44N4O5S. The Morgan fingerprint density at radius 1 is 1.17 bits per heavy atom. The van der Waals surface area contributed by atoms with Gasteiger partial charge in [0.05, 0.1) is 42.4 Å². The first kappa shape index (κ1) is 30.8. The second kappa shape index (κ2) is 12.9. The van der Waals surface area contributed by atoms with E-state index >= 15 is 0 Å². The van der Waals surface area contributed by atoms with Crippen molar-refractivity contribution in [2.75, 3.05) is 64.0 Å². The molecule has 1 aromatic rings. The minimum absolute atomic E-state index is 0.0461. The molecule has 4 saturated heterocycles. The van der Waals surface area contributed by atoms with Crippen LogP contribution in [-0.2, 0) is 19.1 Å². The van der Waals surface area contributed by atoms with Gasteiger partial charge >= 0.3 is 0 Å². The number of hydrogen-bond acceptors (Lipinski definition) is 7. The fraction of sp³-hybridized carbons (Fsp3) is 0.594. The molecule has 228 valence electrons. The average Bonchev–Trinajstić information content (AvgIpc) is 3.61. The smallest absolute Gasteiger partial charge is 0.247 e. The summed E-state index contributed by atoms with van der Waals surface area (Å²) in [5, 5.41) is 10.2. The number of anilines is 1. The molecule has 7 atom stereocenters. The van der Waals surface area contributed by atoms with Gasteiger partial charge < -0.3 is 24.5 Å². The summed E-state index contributed by atoms with van der Waals surface area (Å²) in [4.78, 5) is 50.9. The predicted octanol–water partition coefficient (Wildman–Crippen LogP) is 2.27. The van der Waals surface area contributed by atoms with Crippen molar-refractivity contribution in [1.29, 1.82) is 0 Å². The van der Waals surface area contributed by atoms with Crippen molar-refractivity contribution in [2.24, 2.45) is 17.8 Å². The summed E-state index contributed by atoms with van der Waals surface area (Å²) < 4.78 is 4.73. The number of para-hydroxylation sites is 1. The third-order valence-corrected chi connectivity index (χ3v) is 11.6. The van der Waals surface area contributed by atoms with Crippen molar-refractivity contribution in [2.45, 2.75) is 42.3 Å². The molecule has 4 aliphatic rings. The van der Waals surface area contributed by atoms with E-state index in [1.807, 2.05) is 30.3 Å². The molecule has 0 aromatic heterocycles. The van der Waals surface area contributed by atoms with E-state index in [-0.39, 0.29) is 35.5 Å². The predicted molar refractivity (Wildman–Crippen MR) is 165 cm³/mol. The Morgan fingerprint density at radius 3 is 2.50 bits per heavy atom. The molecule has 5 rings (SSSR count). The molecule has 0 radical (unpaired) electrons. The molecule has 10 heteroatoms. The van der Waals surface area contributed by atoms with Crippen LogP contribution in [0.2, 0.25) is 0 Å². The van der Waals surface area contributed by atoms with Crippen molar-refractivity contribution >= 4 is 35.2 Å². The zero-order valence-corrected chi connectivity index (χ0v) is 25.6. The van der Waals surface area contributed by atoms with Crippen LogP contribution >= 0.6 is 11.8 Å². The van der Waals surface area contributed by atoms with Crippen LogP contribution in [-0.4, -0.2) is 119 Å². The number of likely N-dealkylation sites (tertiary alicyclic amines) is 1. The van der Waals surface area contributed by atoms with Gasteiger partial charge in [0.2, 0.25) is 17.7 Å². The van der Waals surface area contributed by atoms with Crippen molar-refractivity contribution in [3.05, 3.63) is 55.6 Å². The van der Waals surface area contributed by atoms with E-state index in [0.29, 0.717) is 39.4 Å². The van der Waals surface area contributed by atoms with Crippen molar-refractivity contribution in [3.8, 4) is 0 Å². The lowest BCUT2D eigenvalue weighted by atomic mass is 9.65. The van der Waals surface area contributed by atoms with E-state index in [2.05, 4.69) is 25.0 Å². The fourth-order valence-corrected chi connectivity index (χ4v) is 9.93. The van der Waals surface area contributed by atoms with Gasteiger partial charge in [-0.25, -0.2) is 0 Å². The number of carbonyl (C=O) groups is 3. The summed E-state index contributed by atoms with van der Waals surface area (Å²) in [6.07, 6.45) is 4.18. The molecule has 1 N–H and O–H groups in total. The van der Waals surface area contributed by atoms with Gasteiger partial charge in [0, 0.05) is 50.2 Å². The van der Waals surface area contributed by atoms with E-state index in [1.165, 1.54) is 0 Å². The molecule has 0 aliphatic carbocycles. The van der Waals surface area contributed by atoms with Crippen LogP contribution in [0.25, 0.3) is 0 Å². The fourth-order valence-electron chi connectivity index (χ4n) is 7.53. The van der Waals surface area contributed by atoms with Crippen LogP contribution < -0.4 is 4.90 Å². The van der Waals surface area contributed by atoms with Gasteiger partial charge in [-0.3, -0.25) is 19.3 Å². The number of carbonyl (C=O) groups excluding carboxylic acids is 3. The third-order valence-electron chi connectivity index (χ3n) is 9.54. The van der Waals surface area contributed by atoms with Crippen LogP contribution in [0.15, 0.2) is 55.6 Å². The van der Waals surface area contributed by atoms with Crippen molar-refractivity contribution in [1.82, 2.24) is 14.7 Å². The molecule has 4 fully saturated rings. The van der Waals surface area contributed by atoms with Gasteiger partial charge in [-0.2, -0.15) is 0 Å². The van der Waals surface area contributed by atoms with E-state index in [9.17, 15) is 19.5 Å². The minimum Gasteiger partial charge on any atom is -0.394 e. The second-order valence-electron chi connectivity index (χ2n) is 11.9. The summed E-state index contributed by atoms with van der Waals surface area (Å²) in [5.74, 6) is -1.60. The highest BCUT2D eigenvalue weighted by Gasteiger charge is 2.76. The number of benzene rings is 1. The second-order valence-corrected chi connectivity index (χ2v) is 13.5. The Kier molecular flexibility index (Phi) is 9.47. The highest BCUT2D eigenvalue weighted by molar-refractivity contribution is 8.02. The maximum absolute atomic E-state index is 14.6. The molecule has 42 heavy (non-hydrogen) atoms. The number of aliphatic hydroxyl groups excluding tert-OH is 1. The normalized spacial score (nSPS) is 31.1. The van der Waals surface area contributed by atoms with Crippen LogP contribution in [0.5, 0.6) is 0 Å². The van der Waals surface area contributed by atoms with Gasteiger partial charge in [0.1, 0.15) is 6.04 Å². The number of ether oxygens (including phenoxy) is 1. The number of morpholine rings is 1. The number of fused-ring (bicyclic) bond motifs is 1. The van der Waals surface area contributed by atoms with E-state index in [0.717, 1.165) is 25.2 Å². The van der Waals surface area contributed by atoms with Crippen LogP contribution in [0.4, 0.5) is 5.69 Å². The summed E-state index contributed by atoms with van der Waals surface area (Å²) in [6.45, 7) is 16.3. The quantitative estimate of drug-likeness (QED) is 0.370. The first-order valence-electron chi connectivity index (χ1n) is 15.1. The summed E-state index contributed by atoms with van der Waals surface area (Å²) in [6, 6.07) is 8.15. The maximum atomic E-state index is 14.6. The number of aliphatic hydroxyl groups is 1. The number of amides is 3. The number of hydrogen-bond donors (Lipinski definition) is 1. The molecule has 1 aromatic carbocycles. The molecule has 4 heterocycles. The highest BCUT2D eigenvalue weighted by atomic mass is 32.2. The lowest BCUT2D eigenvalue weighted by molar-refractivity contribution is -0.145. The minimum atomic E-state index is -0.769. The van der Waals surface area contributed by atoms with Crippen LogP contribution in [0, 0.1) is 17.8 Å². The number of rotatable bonds is 12. The maximum Gasteiger partial charge on any atom is 0.247 e. The molecule has 0 saturated carbocycles. The van der Waals surface area contributed by atoms with Gasteiger partial charge in [0.15, 0.2) is 0 Å². The molecular weight excluding hydrogens is 552 g/mol. The van der Waals surface area contributed by atoms with Gasteiger partial charge in [0.25, 0.3) is 0 Å². The zero-order chi connectivity index (χ0) is 30.0. The van der Waals surface area contributed by atoms with Gasteiger partial charge in [-0.05, 0) is 31.4 Å². The third kappa shape index (κ3) is 5.20. The lowest BCUT2D eigenvalue weighted by Gasteiger charge is -2.42. The van der Waals surface area contributed by atoms with Gasteiger partial charge in [-0.15, -0.1) is 24.9 Å². The number of nitrogens with zero attached hydrogens (tertiary/aromatic N) is 4. The summed E-state index contributed by atoms with van der Waals surface area (Å²) in [7, 11) is 0. The summed E-state index contributed by atoms with van der Waals surface area (Å²) >= 11 is 1.66. The van der Waals surface area contributed by atoms with E-state index < -0.39 is 28.7 Å². The Hall–Kier alpha value is -2.66. The molecule has 3 amide bonds. The first-order chi connectivity index (χ1) is 20.3. The van der Waals surface area contributed by atoms with Gasteiger partial charge in [-0.1, -0.05) is 37.3 Å². The molecule has 1 spiro atoms. The monoisotopic (exact) mass is 596 g/mol. The van der Waals surface area contributed by atoms with E-state index in [1.54, 1.807) is 45.5 Å². The molecule has 4 aliphatic heterocycles. The first-order valence-corrected chi connectivity index (χ1v) is 16.0. The SMILES string of the molecule is C=CCN(CCN1CCOCC1)C(=O)C1N([C@H](C)CO)C(=O)[C@@H]2[C@@H](C(=O)N(CC=C)c3ccccc3)[C@H]3CC(C)C12S3. The average molecular weight is 597 g/mol. The highest BCUT2D eigenvalue weighted by Crippen LogP contribution is 2.69. The van der Waals surface area contributed by atoms with Crippen molar-refractivity contribution < 1.29 is 24.2 Å². The standard InChI is InChI=1S/C32H44N4O5S/c1-5-12-34(15-14-33-16-18-41-19-17-33)31(40)28-32-22(3)20-25(42-32)26(27(32)30(39)36(28)23(4)21-37)29(38)35(13-6-2)24-10-8-7-9-11-24/h5-11,22-23,25-28,37H,1-2,12-21H2,3-4H3/t22?,23-,25-,26+,27+,28?,32?/m1/s1.